The molecule has 1 aromatic heterocycles. The van der Waals surface area contributed by atoms with Crippen molar-refractivity contribution < 1.29 is 9.59 Å². The normalized spacial score (nSPS) is 11.7. The minimum atomic E-state index is -0.699. The van der Waals surface area contributed by atoms with Crippen LogP contribution in [0.3, 0.4) is 0 Å². The Morgan fingerprint density at radius 3 is 2.61 bits per heavy atom. The molecule has 0 saturated heterocycles. The highest BCUT2D eigenvalue weighted by Crippen LogP contribution is 2.28. The van der Waals surface area contributed by atoms with Crippen molar-refractivity contribution in [3.05, 3.63) is 65.2 Å². The van der Waals surface area contributed by atoms with Crippen molar-refractivity contribution in [1.82, 2.24) is 15.5 Å². The summed E-state index contributed by atoms with van der Waals surface area (Å²) in [5.41, 5.74) is 1.80. The van der Waals surface area contributed by atoms with Crippen LogP contribution in [0.25, 0.3) is 10.6 Å². The van der Waals surface area contributed by atoms with Gasteiger partial charge in [0.05, 0.1) is 0 Å². The van der Waals surface area contributed by atoms with Crippen LogP contribution in [0.4, 0.5) is 5.13 Å². The second kappa shape index (κ2) is 11.6. The fourth-order valence-corrected chi connectivity index (χ4v) is 4.00. The molecule has 0 radical (unpaired) electrons. The molecule has 0 saturated carbocycles. The van der Waals surface area contributed by atoms with Crippen molar-refractivity contribution in [1.29, 1.82) is 0 Å². The second-order valence-electron chi connectivity index (χ2n) is 7.18. The number of unbranched alkanes of at least 4 members (excludes halogenated alkanes) is 2. The van der Waals surface area contributed by atoms with E-state index < -0.39 is 6.04 Å². The molecule has 1 atom stereocenters. The minimum Gasteiger partial charge on any atom is -0.344 e. The maximum Gasteiger partial charge on any atom is 0.249 e. The first-order valence-electron chi connectivity index (χ1n) is 10.3. The lowest BCUT2D eigenvalue weighted by molar-refractivity contribution is -0.126. The number of hydrogen-bond donors (Lipinski definition) is 2. The summed E-state index contributed by atoms with van der Waals surface area (Å²) in [4.78, 5) is 25.3. The third-order valence-electron chi connectivity index (χ3n) is 4.67. The molecular weight excluding hydrogens is 432 g/mol. The number of benzene rings is 2. The van der Waals surface area contributed by atoms with Gasteiger partial charge in [0.2, 0.25) is 16.9 Å². The molecule has 0 aliphatic rings. The van der Waals surface area contributed by atoms with Crippen LogP contribution in [-0.4, -0.2) is 28.1 Å². The summed E-state index contributed by atoms with van der Waals surface area (Å²) in [5.74, 6) is -0.442. The lowest BCUT2D eigenvalue weighted by Crippen LogP contribution is -2.45. The highest BCUT2D eigenvalue weighted by molar-refractivity contribution is 7.18. The van der Waals surface area contributed by atoms with Gasteiger partial charge in [-0.15, -0.1) is 10.2 Å². The molecule has 31 heavy (non-hydrogen) atoms. The van der Waals surface area contributed by atoms with Crippen LogP contribution in [-0.2, 0) is 16.0 Å². The van der Waals surface area contributed by atoms with Crippen LogP contribution in [0.1, 0.15) is 38.2 Å². The largest absolute Gasteiger partial charge is 0.344 e. The molecule has 3 rings (SSSR count). The summed E-state index contributed by atoms with van der Waals surface area (Å²) in [7, 11) is 0. The molecule has 0 fully saturated rings. The number of carbonyl (C=O) groups excluding carboxylic acids is 2. The molecule has 0 aliphatic carbocycles. The van der Waals surface area contributed by atoms with E-state index in [4.69, 9.17) is 11.6 Å². The monoisotopic (exact) mass is 456 g/mol. The number of amides is 2. The van der Waals surface area contributed by atoms with Crippen LogP contribution in [0.15, 0.2) is 54.6 Å². The molecule has 3 aromatic rings. The number of halogens is 1. The topological polar surface area (TPSA) is 84.0 Å². The summed E-state index contributed by atoms with van der Waals surface area (Å²) in [6.07, 6.45) is 3.63. The maximum atomic E-state index is 13.0. The van der Waals surface area contributed by atoms with Gasteiger partial charge in [0.25, 0.3) is 0 Å². The number of hydrogen-bond acceptors (Lipinski definition) is 5. The fraction of sp³-hybridized carbons (Fsp3) is 0.304. The quantitative estimate of drug-likeness (QED) is 0.415. The van der Waals surface area contributed by atoms with Crippen molar-refractivity contribution in [2.75, 3.05) is 5.32 Å². The number of aromatic nitrogens is 2. The number of anilines is 1. The maximum absolute atomic E-state index is 13.0. The van der Waals surface area contributed by atoms with Crippen LogP contribution in [0.2, 0.25) is 5.02 Å². The van der Waals surface area contributed by atoms with Crippen molar-refractivity contribution in [2.24, 2.45) is 0 Å². The zero-order chi connectivity index (χ0) is 22.1. The molecule has 1 heterocycles. The predicted octanol–water partition coefficient (Wildman–Crippen LogP) is 5.10. The molecule has 8 heteroatoms. The molecule has 0 aliphatic heterocycles. The van der Waals surface area contributed by atoms with Gasteiger partial charge >= 0.3 is 0 Å². The van der Waals surface area contributed by atoms with Gasteiger partial charge in [-0.1, -0.05) is 85.2 Å². The summed E-state index contributed by atoms with van der Waals surface area (Å²) >= 11 is 7.30. The van der Waals surface area contributed by atoms with Gasteiger partial charge in [0.15, 0.2) is 0 Å². The van der Waals surface area contributed by atoms with Gasteiger partial charge in [-0.2, -0.15) is 0 Å². The van der Waals surface area contributed by atoms with Crippen LogP contribution < -0.4 is 10.6 Å². The minimum absolute atomic E-state index is 0.124. The van der Waals surface area contributed by atoms with Gasteiger partial charge < -0.3 is 5.32 Å². The first kappa shape index (κ1) is 22.9. The lowest BCUT2D eigenvalue weighted by atomic mass is 10.0. The SMILES string of the molecule is CCCCCC(=O)N[C@@H](Cc1ccccc1)C(=O)Nc1nnc(-c2cccc(Cl)c2)s1. The molecular formula is C23H25ClN4O2S. The molecule has 2 aromatic carbocycles. The Balaban J connectivity index is 1.69. The standard InChI is InChI=1S/C23H25ClN4O2S/c1-2-3-5-13-20(29)25-19(14-16-9-6-4-7-10-16)21(30)26-23-28-27-22(31-23)17-11-8-12-18(24)15-17/h4,6-12,15,19H,2-3,5,13-14H2,1H3,(H,25,29)(H,26,28,30)/t19-/m0/s1. The predicted molar refractivity (Wildman–Crippen MR) is 125 cm³/mol. The van der Waals surface area contributed by atoms with Gasteiger partial charge in [0, 0.05) is 23.4 Å². The summed E-state index contributed by atoms with van der Waals surface area (Å²) < 4.78 is 0. The Morgan fingerprint density at radius 2 is 1.87 bits per heavy atom. The number of carbonyl (C=O) groups is 2. The molecule has 0 bridgehead atoms. The Morgan fingerprint density at radius 1 is 1.06 bits per heavy atom. The molecule has 2 amide bonds. The Bertz CT molecular complexity index is 1010. The van der Waals surface area contributed by atoms with E-state index in [1.54, 1.807) is 12.1 Å². The summed E-state index contributed by atoms with van der Waals surface area (Å²) in [6, 6.07) is 16.2. The number of nitrogens with zero attached hydrogens (tertiary/aromatic N) is 2. The van der Waals surface area contributed by atoms with Gasteiger partial charge in [-0.05, 0) is 24.1 Å². The Kier molecular flexibility index (Phi) is 8.55. The molecule has 0 spiro atoms. The zero-order valence-electron chi connectivity index (χ0n) is 17.3. The average Bonchev–Trinajstić information content (AvgIpc) is 3.23. The number of nitrogens with one attached hydrogen (secondary N) is 2. The highest BCUT2D eigenvalue weighted by atomic mass is 35.5. The Labute approximate surface area is 191 Å². The van der Waals surface area contributed by atoms with E-state index in [9.17, 15) is 9.59 Å². The second-order valence-corrected chi connectivity index (χ2v) is 8.59. The van der Waals surface area contributed by atoms with E-state index in [0.717, 1.165) is 30.4 Å². The number of rotatable bonds is 10. The van der Waals surface area contributed by atoms with E-state index in [-0.39, 0.29) is 11.8 Å². The van der Waals surface area contributed by atoms with Crippen molar-refractivity contribution in [3.63, 3.8) is 0 Å². The molecule has 6 nitrogen and oxygen atoms in total. The first-order valence-corrected chi connectivity index (χ1v) is 11.5. The van der Waals surface area contributed by atoms with Crippen molar-refractivity contribution in [3.8, 4) is 10.6 Å². The van der Waals surface area contributed by atoms with Crippen LogP contribution in [0, 0.1) is 0 Å². The molecule has 2 N–H and O–H groups in total. The summed E-state index contributed by atoms with van der Waals surface area (Å²) in [6.45, 7) is 2.09. The van der Waals surface area contributed by atoms with E-state index in [1.165, 1.54) is 11.3 Å². The molecule has 162 valence electrons. The third kappa shape index (κ3) is 7.15. The zero-order valence-corrected chi connectivity index (χ0v) is 18.9. The average molecular weight is 457 g/mol. The van der Waals surface area contributed by atoms with Gasteiger partial charge in [0.1, 0.15) is 11.0 Å². The van der Waals surface area contributed by atoms with Gasteiger partial charge in [-0.25, -0.2) is 0 Å². The lowest BCUT2D eigenvalue weighted by Gasteiger charge is -2.18. The molecule has 0 unspecified atom stereocenters. The van der Waals surface area contributed by atoms with E-state index >= 15 is 0 Å². The Hall–Kier alpha value is -2.77. The fourth-order valence-electron chi connectivity index (χ4n) is 3.07. The van der Waals surface area contributed by atoms with Crippen LogP contribution in [0.5, 0.6) is 0 Å². The van der Waals surface area contributed by atoms with Gasteiger partial charge in [-0.3, -0.25) is 14.9 Å². The van der Waals surface area contributed by atoms with Crippen molar-refractivity contribution in [2.45, 2.75) is 45.1 Å². The van der Waals surface area contributed by atoms with Crippen LogP contribution >= 0.6 is 22.9 Å². The smallest absolute Gasteiger partial charge is 0.249 e. The van der Waals surface area contributed by atoms with E-state index in [1.807, 2.05) is 42.5 Å². The third-order valence-corrected chi connectivity index (χ3v) is 5.79. The first-order chi connectivity index (χ1) is 15.0. The highest BCUT2D eigenvalue weighted by Gasteiger charge is 2.22. The van der Waals surface area contributed by atoms with E-state index in [2.05, 4.69) is 27.8 Å². The van der Waals surface area contributed by atoms with E-state index in [0.29, 0.717) is 28.0 Å². The summed E-state index contributed by atoms with van der Waals surface area (Å²) in [5, 5.41) is 15.5. The van der Waals surface area contributed by atoms with Crippen molar-refractivity contribution >= 4 is 39.9 Å².